The average molecular weight is 342 g/mol. The highest BCUT2D eigenvalue weighted by atomic mass is 32.2. The second-order valence-electron chi connectivity index (χ2n) is 6.88. The van der Waals surface area contributed by atoms with E-state index in [-0.39, 0.29) is 0 Å². The summed E-state index contributed by atoms with van der Waals surface area (Å²) in [6.07, 6.45) is 1.04. The molecule has 0 unspecified atom stereocenters. The second kappa shape index (κ2) is 5.60. The Morgan fingerprint density at radius 2 is 1.75 bits per heavy atom. The predicted octanol–water partition coefficient (Wildman–Crippen LogP) is 3.20. The van der Waals surface area contributed by atoms with Crippen molar-refractivity contribution in [3.63, 3.8) is 0 Å². The monoisotopic (exact) mass is 342 g/mol. The lowest BCUT2D eigenvalue weighted by Gasteiger charge is -2.39. The van der Waals surface area contributed by atoms with Gasteiger partial charge in [0, 0.05) is 12.6 Å². The van der Waals surface area contributed by atoms with Crippen molar-refractivity contribution in [1.82, 2.24) is 4.90 Å². The van der Waals surface area contributed by atoms with Crippen molar-refractivity contribution < 1.29 is 8.42 Å². The number of para-hydroxylation sites is 1. The van der Waals surface area contributed by atoms with Crippen molar-refractivity contribution in [2.75, 3.05) is 24.4 Å². The van der Waals surface area contributed by atoms with Crippen molar-refractivity contribution in [1.29, 1.82) is 0 Å². The summed E-state index contributed by atoms with van der Waals surface area (Å²) < 4.78 is 28.1. The molecule has 0 saturated carbocycles. The van der Waals surface area contributed by atoms with Gasteiger partial charge in [-0.3, -0.25) is 9.21 Å². The van der Waals surface area contributed by atoms with Crippen LogP contribution in [-0.4, -0.2) is 33.5 Å². The van der Waals surface area contributed by atoms with E-state index in [1.54, 1.807) is 16.4 Å². The first kappa shape index (κ1) is 15.7. The molecule has 24 heavy (non-hydrogen) atoms. The fraction of sp³-hybridized carbons (Fsp3) is 0.368. The highest BCUT2D eigenvalue weighted by molar-refractivity contribution is 7.92. The molecule has 0 aliphatic carbocycles. The number of nitrogens with zero attached hydrogens (tertiary/aromatic N) is 2. The third-order valence-corrected chi connectivity index (χ3v) is 7.10. The van der Waals surface area contributed by atoms with Crippen molar-refractivity contribution >= 4 is 15.7 Å². The van der Waals surface area contributed by atoms with E-state index in [1.807, 2.05) is 37.3 Å². The van der Waals surface area contributed by atoms with E-state index < -0.39 is 10.0 Å². The van der Waals surface area contributed by atoms with Crippen LogP contribution in [0.15, 0.2) is 53.4 Å². The number of fused-ring (bicyclic) bond motifs is 3. The molecular weight excluding hydrogens is 320 g/mol. The number of sulfonamides is 1. The maximum absolute atomic E-state index is 13.2. The highest BCUT2D eigenvalue weighted by Crippen LogP contribution is 2.46. The van der Waals surface area contributed by atoms with Crippen LogP contribution in [0, 0.1) is 12.8 Å². The van der Waals surface area contributed by atoms with E-state index in [4.69, 9.17) is 0 Å². The molecule has 4 rings (SSSR count). The third-order valence-electron chi connectivity index (χ3n) is 5.31. The van der Waals surface area contributed by atoms with Crippen molar-refractivity contribution in [2.45, 2.75) is 24.3 Å². The van der Waals surface area contributed by atoms with Crippen molar-refractivity contribution in [3.05, 3.63) is 59.7 Å². The molecule has 2 aliphatic rings. The minimum atomic E-state index is -3.53. The van der Waals surface area contributed by atoms with Crippen LogP contribution in [0.5, 0.6) is 0 Å². The molecule has 0 spiro atoms. The molecular formula is C19H22N2O2S. The van der Waals surface area contributed by atoms with E-state index in [0.717, 1.165) is 29.8 Å². The number of aryl methyl sites for hydroxylation is 1. The zero-order valence-electron chi connectivity index (χ0n) is 14.0. The Morgan fingerprint density at radius 1 is 1.04 bits per heavy atom. The molecule has 2 aliphatic heterocycles. The van der Waals surface area contributed by atoms with E-state index in [9.17, 15) is 8.42 Å². The highest BCUT2D eigenvalue weighted by Gasteiger charge is 2.43. The van der Waals surface area contributed by atoms with Crippen LogP contribution in [0.3, 0.4) is 0 Å². The Morgan fingerprint density at radius 3 is 2.50 bits per heavy atom. The smallest absolute Gasteiger partial charge is 0.264 e. The first-order valence-electron chi connectivity index (χ1n) is 8.37. The molecule has 2 atom stereocenters. The maximum atomic E-state index is 13.2. The molecule has 1 fully saturated rings. The fourth-order valence-electron chi connectivity index (χ4n) is 4.05. The van der Waals surface area contributed by atoms with Crippen LogP contribution in [-0.2, 0) is 10.0 Å². The van der Waals surface area contributed by atoms with Gasteiger partial charge in [-0.25, -0.2) is 8.42 Å². The zero-order valence-corrected chi connectivity index (χ0v) is 14.8. The Hall–Kier alpha value is -1.85. The van der Waals surface area contributed by atoms with Gasteiger partial charge in [-0.05, 0) is 56.6 Å². The van der Waals surface area contributed by atoms with Crippen molar-refractivity contribution in [3.8, 4) is 0 Å². The lowest BCUT2D eigenvalue weighted by atomic mass is 9.89. The first-order valence-corrected chi connectivity index (χ1v) is 9.81. The number of anilines is 1. The standard InChI is InChI=1S/C19H22N2O2S/c1-14-7-9-16(10-8-14)24(22,23)21-13-15-11-12-20(2)19(15)17-5-3-4-6-18(17)21/h3-10,15,19H,11-13H2,1-2H3/t15-,19-/m1/s1. The Balaban J connectivity index is 1.82. The van der Waals surface area contributed by atoms with Crippen molar-refractivity contribution in [2.24, 2.45) is 5.92 Å². The summed E-state index contributed by atoms with van der Waals surface area (Å²) in [5.74, 6) is 0.352. The van der Waals surface area contributed by atoms with Gasteiger partial charge in [0.2, 0.25) is 0 Å². The summed E-state index contributed by atoms with van der Waals surface area (Å²) in [7, 11) is -1.40. The molecule has 5 heteroatoms. The first-order chi connectivity index (χ1) is 11.5. The van der Waals surface area contributed by atoms with E-state index in [2.05, 4.69) is 18.0 Å². The SMILES string of the molecule is Cc1ccc(S(=O)(=O)N2C[C@H]3CCN(C)[C@H]3c3ccccc32)cc1. The molecule has 1 saturated heterocycles. The summed E-state index contributed by atoms with van der Waals surface area (Å²) in [5.41, 5.74) is 3.02. The number of benzene rings is 2. The predicted molar refractivity (Wildman–Crippen MR) is 95.6 cm³/mol. The quantitative estimate of drug-likeness (QED) is 0.841. The lowest BCUT2D eigenvalue weighted by molar-refractivity contribution is 0.273. The van der Waals surface area contributed by atoms with Gasteiger partial charge < -0.3 is 0 Å². The fourth-order valence-corrected chi connectivity index (χ4v) is 5.60. The summed E-state index contributed by atoms with van der Waals surface area (Å²) in [4.78, 5) is 2.71. The Bertz CT molecular complexity index is 861. The van der Waals surface area contributed by atoms with Gasteiger partial charge >= 0.3 is 0 Å². The average Bonchev–Trinajstić information content (AvgIpc) is 2.96. The zero-order chi connectivity index (χ0) is 16.9. The molecule has 2 aromatic rings. The van der Waals surface area contributed by atoms with Gasteiger partial charge in [-0.2, -0.15) is 0 Å². The molecule has 4 nitrogen and oxygen atoms in total. The summed E-state index contributed by atoms with van der Waals surface area (Å²) in [6.45, 7) is 3.54. The Kier molecular flexibility index (Phi) is 3.66. The van der Waals surface area contributed by atoms with Gasteiger partial charge in [0.1, 0.15) is 0 Å². The number of likely N-dealkylation sites (tertiary alicyclic amines) is 1. The molecule has 126 valence electrons. The summed E-state index contributed by atoms with van der Waals surface area (Å²) in [5, 5.41) is 0. The van der Waals surface area contributed by atoms with Crippen LogP contribution >= 0.6 is 0 Å². The van der Waals surface area contributed by atoms with Crippen LogP contribution in [0.1, 0.15) is 23.6 Å². The van der Waals surface area contributed by atoms with E-state index >= 15 is 0 Å². The normalized spacial score (nSPS) is 23.8. The van der Waals surface area contributed by atoms with Gasteiger partial charge in [-0.1, -0.05) is 35.9 Å². The van der Waals surface area contributed by atoms with Gasteiger partial charge in [0.15, 0.2) is 0 Å². The molecule has 0 amide bonds. The topological polar surface area (TPSA) is 40.6 Å². The lowest BCUT2D eigenvalue weighted by Crippen LogP contribution is -2.42. The maximum Gasteiger partial charge on any atom is 0.264 e. The van der Waals surface area contributed by atoms with Crippen LogP contribution < -0.4 is 4.31 Å². The minimum absolute atomic E-state index is 0.325. The van der Waals surface area contributed by atoms with Gasteiger partial charge in [-0.15, -0.1) is 0 Å². The number of hydrogen-bond donors (Lipinski definition) is 0. The summed E-state index contributed by atoms with van der Waals surface area (Å²) >= 11 is 0. The number of rotatable bonds is 2. The number of hydrogen-bond acceptors (Lipinski definition) is 3. The third kappa shape index (κ3) is 2.34. The van der Waals surface area contributed by atoms with E-state index in [1.165, 1.54) is 0 Å². The molecule has 2 heterocycles. The van der Waals surface area contributed by atoms with Gasteiger partial charge in [0.25, 0.3) is 10.0 Å². The van der Waals surface area contributed by atoms with Crippen LogP contribution in [0.4, 0.5) is 5.69 Å². The molecule has 2 aromatic carbocycles. The van der Waals surface area contributed by atoms with Crippen LogP contribution in [0.25, 0.3) is 0 Å². The second-order valence-corrected chi connectivity index (χ2v) is 8.74. The largest absolute Gasteiger partial charge is 0.299 e. The Labute approximate surface area is 143 Å². The molecule has 0 aromatic heterocycles. The van der Waals surface area contributed by atoms with Crippen LogP contribution in [0.2, 0.25) is 0 Å². The van der Waals surface area contributed by atoms with Gasteiger partial charge in [0.05, 0.1) is 10.6 Å². The molecule has 0 N–H and O–H groups in total. The van der Waals surface area contributed by atoms with E-state index in [0.29, 0.717) is 23.4 Å². The summed E-state index contributed by atoms with van der Waals surface area (Å²) in [6, 6.07) is 15.4. The minimum Gasteiger partial charge on any atom is -0.299 e. The molecule has 0 bridgehead atoms. The molecule has 0 radical (unpaired) electrons.